The highest BCUT2D eigenvalue weighted by Gasteiger charge is 2.67. The van der Waals surface area contributed by atoms with Crippen LogP contribution < -0.4 is 0 Å². The Morgan fingerprint density at radius 1 is 1.06 bits per heavy atom. The molecule has 0 radical (unpaired) electrons. The summed E-state index contributed by atoms with van der Waals surface area (Å²) in [4.78, 5) is 0. The molecule has 2 heteroatoms. The van der Waals surface area contributed by atoms with Crippen LogP contribution in [0.1, 0.15) is 107 Å². The number of rotatable bonds is 4. The lowest BCUT2D eigenvalue weighted by atomic mass is 9.40. The summed E-state index contributed by atoms with van der Waals surface area (Å²) in [5, 5.41) is 22.2. The molecule has 0 saturated heterocycles. The van der Waals surface area contributed by atoms with Crippen molar-refractivity contribution in [2.75, 3.05) is 0 Å². The summed E-state index contributed by atoms with van der Waals surface area (Å²) in [6.45, 7) is 19.0. The highest BCUT2D eigenvalue weighted by atomic mass is 16.3. The summed E-state index contributed by atoms with van der Waals surface area (Å²) in [5.74, 6) is 2.35. The lowest BCUT2D eigenvalue weighted by Crippen LogP contribution is -2.63. The first-order chi connectivity index (χ1) is 14.8. The smallest absolute Gasteiger partial charge is 0.0627 e. The zero-order valence-electron chi connectivity index (χ0n) is 22.2. The van der Waals surface area contributed by atoms with Crippen molar-refractivity contribution in [1.82, 2.24) is 0 Å². The van der Waals surface area contributed by atoms with Crippen molar-refractivity contribution in [3.63, 3.8) is 0 Å². The molecule has 0 unspecified atom stereocenters. The molecule has 0 aromatic heterocycles. The Morgan fingerprint density at radius 2 is 1.75 bits per heavy atom. The standard InChI is InChI=1S/C30H50O2/c1-19(2)10-9-11-20(3)21-14-16-29(7)22-12-13-24-27(4,5)25(31)18-26(32)30(24,8)23(22)15-17-28(21,29)6/h10,12,20-21,23-26,31-32H,9,11,13-18H2,1-8H3/t20-,21+,23+,24+,25+,26-,28+,29-,30-/m1/s1. The van der Waals surface area contributed by atoms with Crippen LogP contribution in [0.25, 0.3) is 0 Å². The summed E-state index contributed by atoms with van der Waals surface area (Å²) in [6.07, 6.45) is 13.4. The van der Waals surface area contributed by atoms with Gasteiger partial charge in [-0.3, -0.25) is 0 Å². The third kappa shape index (κ3) is 3.25. The molecule has 3 fully saturated rings. The van der Waals surface area contributed by atoms with Gasteiger partial charge >= 0.3 is 0 Å². The van der Waals surface area contributed by atoms with Crippen LogP contribution in [0.3, 0.4) is 0 Å². The molecule has 0 heterocycles. The molecular weight excluding hydrogens is 392 g/mol. The van der Waals surface area contributed by atoms with Gasteiger partial charge in [-0.05, 0) is 98.7 Å². The van der Waals surface area contributed by atoms with Gasteiger partial charge in [0.2, 0.25) is 0 Å². The molecule has 2 N–H and O–H groups in total. The minimum absolute atomic E-state index is 0.121. The molecule has 0 aromatic carbocycles. The minimum atomic E-state index is -0.410. The molecule has 4 aliphatic carbocycles. The lowest BCUT2D eigenvalue weighted by Gasteiger charge is -2.65. The van der Waals surface area contributed by atoms with Gasteiger partial charge in [-0.1, -0.05) is 64.8 Å². The van der Waals surface area contributed by atoms with E-state index in [1.54, 1.807) is 5.57 Å². The largest absolute Gasteiger partial charge is 0.392 e. The molecule has 182 valence electrons. The van der Waals surface area contributed by atoms with Gasteiger partial charge < -0.3 is 10.2 Å². The van der Waals surface area contributed by atoms with Gasteiger partial charge in [0, 0.05) is 11.8 Å². The van der Waals surface area contributed by atoms with Crippen molar-refractivity contribution in [3.05, 3.63) is 23.3 Å². The van der Waals surface area contributed by atoms with Gasteiger partial charge in [0.25, 0.3) is 0 Å². The molecule has 0 bridgehead atoms. The highest BCUT2D eigenvalue weighted by molar-refractivity contribution is 5.34. The van der Waals surface area contributed by atoms with Crippen LogP contribution in [-0.2, 0) is 0 Å². The molecule has 0 aliphatic heterocycles. The van der Waals surface area contributed by atoms with E-state index in [9.17, 15) is 10.2 Å². The fraction of sp³-hybridized carbons (Fsp3) is 0.867. The first-order valence-corrected chi connectivity index (χ1v) is 13.5. The maximum Gasteiger partial charge on any atom is 0.0627 e. The average Bonchev–Trinajstić information content (AvgIpc) is 2.98. The van der Waals surface area contributed by atoms with Gasteiger partial charge in [-0.15, -0.1) is 0 Å². The number of fused-ring (bicyclic) bond motifs is 5. The molecule has 4 rings (SSSR count). The second kappa shape index (κ2) is 7.98. The van der Waals surface area contributed by atoms with Gasteiger partial charge in [-0.2, -0.15) is 0 Å². The van der Waals surface area contributed by atoms with E-state index in [0.29, 0.717) is 23.7 Å². The molecule has 4 aliphatic rings. The van der Waals surface area contributed by atoms with Crippen molar-refractivity contribution < 1.29 is 10.2 Å². The predicted molar refractivity (Wildman–Crippen MR) is 134 cm³/mol. The number of aliphatic hydroxyl groups is 2. The number of aliphatic hydroxyl groups excluding tert-OH is 2. The van der Waals surface area contributed by atoms with E-state index in [1.807, 2.05) is 0 Å². The van der Waals surface area contributed by atoms with Crippen LogP contribution in [0.15, 0.2) is 23.3 Å². The van der Waals surface area contributed by atoms with Gasteiger partial charge in [0.15, 0.2) is 0 Å². The molecule has 2 nitrogen and oxygen atoms in total. The fourth-order valence-electron chi connectivity index (χ4n) is 9.45. The fourth-order valence-corrected chi connectivity index (χ4v) is 9.45. The molecule has 0 aromatic rings. The van der Waals surface area contributed by atoms with E-state index in [1.165, 1.54) is 44.1 Å². The SMILES string of the molecule is CC(C)=CCC[C@@H](C)[C@@H]1CC[C@]2(C)C3=CC[C@H]4C(C)(C)[C@@H](O)C[C@@H](O)[C@]4(C)[C@H]3CC[C@@]12C. The summed E-state index contributed by atoms with van der Waals surface area (Å²) < 4.78 is 0. The Bertz CT molecular complexity index is 789. The number of hydrogen-bond acceptors (Lipinski definition) is 2. The third-order valence-electron chi connectivity index (χ3n) is 11.9. The van der Waals surface area contributed by atoms with Crippen molar-refractivity contribution in [2.24, 2.45) is 45.3 Å². The van der Waals surface area contributed by atoms with Crippen LogP contribution in [0, 0.1) is 45.3 Å². The summed E-state index contributed by atoms with van der Waals surface area (Å²) in [5.41, 5.74) is 3.46. The van der Waals surface area contributed by atoms with Crippen molar-refractivity contribution in [2.45, 2.75) is 119 Å². The summed E-state index contributed by atoms with van der Waals surface area (Å²) in [7, 11) is 0. The molecule has 0 spiro atoms. The zero-order chi connectivity index (χ0) is 23.7. The quantitative estimate of drug-likeness (QED) is 0.448. The molecule has 32 heavy (non-hydrogen) atoms. The normalized spacial score (nSPS) is 48.2. The Labute approximate surface area is 198 Å². The second-order valence-electron chi connectivity index (χ2n) is 13.7. The van der Waals surface area contributed by atoms with Crippen molar-refractivity contribution in [1.29, 1.82) is 0 Å². The van der Waals surface area contributed by atoms with E-state index in [4.69, 9.17) is 0 Å². The Balaban J connectivity index is 1.65. The van der Waals surface area contributed by atoms with Gasteiger partial charge in [-0.25, -0.2) is 0 Å². The number of hydrogen-bond donors (Lipinski definition) is 2. The average molecular weight is 443 g/mol. The highest BCUT2D eigenvalue weighted by Crippen LogP contribution is 2.73. The predicted octanol–water partition coefficient (Wildman–Crippen LogP) is 7.31. The molecule has 3 saturated carbocycles. The van der Waals surface area contributed by atoms with E-state index in [-0.39, 0.29) is 16.2 Å². The molecular formula is C30H50O2. The summed E-state index contributed by atoms with van der Waals surface area (Å²) in [6, 6.07) is 0. The van der Waals surface area contributed by atoms with Gasteiger partial charge in [0.05, 0.1) is 12.2 Å². The van der Waals surface area contributed by atoms with E-state index < -0.39 is 12.2 Å². The van der Waals surface area contributed by atoms with Crippen LogP contribution >= 0.6 is 0 Å². The Hall–Kier alpha value is -0.600. The maximum atomic E-state index is 11.4. The van der Waals surface area contributed by atoms with Gasteiger partial charge in [0.1, 0.15) is 0 Å². The van der Waals surface area contributed by atoms with Crippen molar-refractivity contribution in [3.8, 4) is 0 Å². The third-order valence-corrected chi connectivity index (χ3v) is 11.9. The first-order valence-electron chi connectivity index (χ1n) is 13.5. The number of allylic oxidation sites excluding steroid dienone is 4. The minimum Gasteiger partial charge on any atom is -0.392 e. The van der Waals surface area contributed by atoms with Crippen molar-refractivity contribution >= 4 is 0 Å². The maximum absolute atomic E-state index is 11.4. The second-order valence-corrected chi connectivity index (χ2v) is 13.7. The van der Waals surface area contributed by atoms with Crippen LogP contribution in [-0.4, -0.2) is 22.4 Å². The van der Waals surface area contributed by atoms with E-state index >= 15 is 0 Å². The monoisotopic (exact) mass is 442 g/mol. The first kappa shape index (κ1) is 24.5. The molecule has 9 atom stereocenters. The topological polar surface area (TPSA) is 40.5 Å². The Kier molecular flexibility index (Phi) is 6.11. The van der Waals surface area contributed by atoms with E-state index in [0.717, 1.165) is 18.3 Å². The van der Waals surface area contributed by atoms with Crippen LogP contribution in [0.5, 0.6) is 0 Å². The Morgan fingerprint density at radius 3 is 2.41 bits per heavy atom. The zero-order valence-corrected chi connectivity index (χ0v) is 22.2. The lowest BCUT2D eigenvalue weighted by molar-refractivity contribution is -0.189. The summed E-state index contributed by atoms with van der Waals surface area (Å²) >= 11 is 0. The molecule has 0 amide bonds. The van der Waals surface area contributed by atoms with Crippen LogP contribution in [0.4, 0.5) is 0 Å². The van der Waals surface area contributed by atoms with E-state index in [2.05, 4.69) is 67.5 Å². The van der Waals surface area contributed by atoms with Crippen LogP contribution in [0.2, 0.25) is 0 Å².